The molecule has 0 aliphatic carbocycles. The average molecular weight is 318 g/mol. The summed E-state index contributed by atoms with van der Waals surface area (Å²) in [7, 11) is -3.69. The number of hydrogen-bond acceptors (Lipinski definition) is 3. The first kappa shape index (κ1) is 16.8. The number of carbonyl (C=O) groups excluding carboxylic acids is 1. The Balaban J connectivity index is 2.57. The number of carbonyl (C=O) groups is 1. The third kappa shape index (κ3) is 3.12. The van der Waals surface area contributed by atoms with Crippen molar-refractivity contribution in [3.63, 3.8) is 0 Å². The van der Waals surface area contributed by atoms with Gasteiger partial charge in [0.2, 0.25) is 0 Å². The maximum atomic E-state index is 13.1. The Hall–Kier alpha value is -1.54. The third-order valence-corrected chi connectivity index (χ3v) is 6.42. The first-order chi connectivity index (χ1) is 10.4. The minimum absolute atomic E-state index is 0.282. The molecule has 0 spiro atoms. The molecule has 0 saturated heterocycles. The molecular formula is C18H23O3P. The van der Waals surface area contributed by atoms with E-state index in [1.165, 1.54) is 0 Å². The van der Waals surface area contributed by atoms with Crippen LogP contribution in [0.2, 0.25) is 0 Å². The van der Waals surface area contributed by atoms with Crippen LogP contribution in [0.4, 0.5) is 0 Å². The maximum absolute atomic E-state index is 13.1. The Kier molecular flexibility index (Phi) is 5.12. The van der Waals surface area contributed by atoms with Gasteiger partial charge >= 0.3 is 132 Å². The SMILES string of the molecule is CCO[PH](O)(C(=O)c1c(C)cc(C)cc1C)c1ccccc1. The fourth-order valence-electron chi connectivity index (χ4n) is 2.86. The van der Waals surface area contributed by atoms with Gasteiger partial charge in [-0.25, -0.2) is 0 Å². The van der Waals surface area contributed by atoms with E-state index in [4.69, 9.17) is 4.52 Å². The quantitative estimate of drug-likeness (QED) is 0.855. The molecule has 0 amide bonds. The molecule has 3 nitrogen and oxygen atoms in total. The monoisotopic (exact) mass is 318 g/mol. The molecule has 2 rings (SSSR count). The van der Waals surface area contributed by atoms with Gasteiger partial charge in [0.05, 0.1) is 0 Å². The van der Waals surface area contributed by atoms with Gasteiger partial charge in [-0.1, -0.05) is 0 Å². The Labute approximate surface area is 132 Å². The molecule has 0 unspecified atom stereocenters. The van der Waals surface area contributed by atoms with Gasteiger partial charge in [0, 0.05) is 0 Å². The summed E-state index contributed by atoms with van der Waals surface area (Å²) >= 11 is 0. The number of rotatable bonds is 5. The summed E-state index contributed by atoms with van der Waals surface area (Å²) in [5, 5.41) is 0.584. The molecule has 118 valence electrons. The first-order valence-electron chi connectivity index (χ1n) is 7.44. The molecule has 22 heavy (non-hydrogen) atoms. The third-order valence-electron chi connectivity index (χ3n) is 3.73. The zero-order valence-corrected chi connectivity index (χ0v) is 14.5. The molecule has 0 radical (unpaired) electrons. The molecular weight excluding hydrogens is 295 g/mol. The van der Waals surface area contributed by atoms with Gasteiger partial charge in [0.15, 0.2) is 0 Å². The number of aryl methyl sites for hydroxylation is 3. The zero-order chi connectivity index (χ0) is 16.3. The van der Waals surface area contributed by atoms with Crippen LogP contribution in [0.1, 0.15) is 34.0 Å². The predicted octanol–water partition coefficient (Wildman–Crippen LogP) is 3.69. The van der Waals surface area contributed by atoms with E-state index in [1.807, 2.05) is 51.1 Å². The van der Waals surface area contributed by atoms with Crippen molar-refractivity contribution in [3.8, 4) is 0 Å². The molecule has 1 N–H and O–H groups in total. The van der Waals surface area contributed by atoms with Gasteiger partial charge in [0.1, 0.15) is 0 Å². The van der Waals surface area contributed by atoms with Crippen molar-refractivity contribution in [2.75, 3.05) is 6.61 Å². The van der Waals surface area contributed by atoms with Crippen molar-refractivity contribution < 1.29 is 14.2 Å². The van der Waals surface area contributed by atoms with Crippen molar-refractivity contribution in [3.05, 3.63) is 64.7 Å². The molecule has 0 heterocycles. The molecule has 0 fully saturated rings. The molecule has 4 heteroatoms. The Morgan fingerprint density at radius 3 is 2.14 bits per heavy atom. The Morgan fingerprint density at radius 2 is 1.64 bits per heavy atom. The van der Waals surface area contributed by atoms with Gasteiger partial charge in [-0.15, -0.1) is 0 Å². The molecule has 0 aromatic heterocycles. The molecule has 0 aliphatic heterocycles. The standard InChI is InChI=1S/C18H23O3P/c1-5-21-22(20,16-9-7-6-8-10-16)18(19)17-14(3)11-13(2)12-15(17)4/h6-12,20,22H,5H2,1-4H3. The Morgan fingerprint density at radius 1 is 1.09 bits per heavy atom. The minimum atomic E-state index is -3.69. The molecule has 0 saturated carbocycles. The van der Waals surface area contributed by atoms with Crippen molar-refractivity contribution >= 4 is 18.5 Å². The van der Waals surface area contributed by atoms with Crippen LogP contribution in [0.5, 0.6) is 0 Å². The van der Waals surface area contributed by atoms with Crippen LogP contribution in [0.25, 0.3) is 0 Å². The van der Waals surface area contributed by atoms with Gasteiger partial charge in [-0.2, -0.15) is 0 Å². The Bertz CT molecular complexity index is 659. The van der Waals surface area contributed by atoms with Gasteiger partial charge < -0.3 is 0 Å². The average Bonchev–Trinajstić information content (AvgIpc) is 2.47. The number of benzene rings is 2. The van der Waals surface area contributed by atoms with Crippen molar-refractivity contribution in [1.29, 1.82) is 0 Å². The molecule has 0 bridgehead atoms. The van der Waals surface area contributed by atoms with Gasteiger partial charge in [-0.3, -0.25) is 0 Å². The second-order valence-electron chi connectivity index (χ2n) is 5.55. The summed E-state index contributed by atoms with van der Waals surface area (Å²) in [6, 6.07) is 12.9. The van der Waals surface area contributed by atoms with E-state index in [1.54, 1.807) is 19.1 Å². The van der Waals surface area contributed by atoms with Gasteiger partial charge in [-0.05, 0) is 0 Å². The van der Waals surface area contributed by atoms with Crippen LogP contribution in [0.3, 0.4) is 0 Å². The number of hydrogen-bond donors (Lipinski definition) is 1. The van der Waals surface area contributed by atoms with Crippen LogP contribution in [-0.2, 0) is 4.52 Å². The van der Waals surface area contributed by atoms with Crippen LogP contribution in [-0.4, -0.2) is 17.0 Å². The van der Waals surface area contributed by atoms with Crippen molar-refractivity contribution in [1.82, 2.24) is 0 Å². The van der Waals surface area contributed by atoms with Gasteiger partial charge in [0.25, 0.3) is 0 Å². The first-order valence-corrected chi connectivity index (χ1v) is 9.30. The molecule has 0 atom stereocenters. The van der Waals surface area contributed by atoms with Crippen molar-refractivity contribution in [2.45, 2.75) is 27.7 Å². The van der Waals surface area contributed by atoms with E-state index in [0.717, 1.165) is 16.7 Å². The van der Waals surface area contributed by atoms with E-state index < -0.39 is 7.72 Å². The van der Waals surface area contributed by atoms with E-state index >= 15 is 0 Å². The second kappa shape index (κ2) is 6.70. The summed E-state index contributed by atoms with van der Waals surface area (Å²) in [5.41, 5.74) is 3.16. The zero-order valence-electron chi connectivity index (χ0n) is 13.5. The summed E-state index contributed by atoms with van der Waals surface area (Å²) in [6.45, 7) is 7.89. The second-order valence-corrected chi connectivity index (χ2v) is 8.15. The molecule has 2 aromatic carbocycles. The fourth-order valence-corrected chi connectivity index (χ4v) is 5.22. The van der Waals surface area contributed by atoms with E-state index in [9.17, 15) is 9.69 Å². The summed E-state index contributed by atoms with van der Waals surface area (Å²) in [4.78, 5) is 24.2. The van der Waals surface area contributed by atoms with E-state index in [2.05, 4.69) is 0 Å². The topological polar surface area (TPSA) is 46.5 Å². The van der Waals surface area contributed by atoms with Crippen LogP contribution in [0, 0.1) is 20.8 Å². The fraction of sp³-hybridized carbons (Fsp3) is 0.278. The summed E-state index contributed by atoms with van der Waals surface area (Å²) in [5.74, 6) is 0. The molecule has 2 aromatic rings. The normalized spacial score (nSPS) is 12.2. The van der Waals surface area contributed by atoms with E-state index in [0.29, 0.717) is 17.5 Å². The summed E-state index contributed by atoms with van der Waals surface area (Å²) in [6.07, 6.45) is 0. The van der Waals surface area contributed by atoms with E-state index in [-0.39, 0.29) is 5.52 Å². The van der Waals surface area contributed by atoms with Crippen molar-refractivity contribution in [2.24, 2.45) is 0 Å². The van der Waals surface area contributed by atoms with Crippen LogP contribution < -0.4 is 5.30 Å². The predicted molar refractivity (Wildman–Crippen MR) is 93.2 cm³/mol. The molecule has 0 aliphatic rings. The van der Waals surface area contributed by atoms with Crippen LogP contribution in [0.15, 0.2) is 42.5 Å². The summed E-state index contributed by atoms with van der Waals surface area (Å²) < 4.78 is 5.62. The van der Waals surface area contributed by atoms with Crippen LogP contribution >= 0.6 is 7.72 Å².